The number of nitrogens with one attached hydrogen (secondary N) is 1. The monoisotopic (exact) mass is 436 g/mol. The molecule has 31 heavy (non-hydrogen) atoms. The summed E-state index contributed by atoms with van der Waals surface area (Å²) in [6, 6.07) is 24.5. The largest absolute Gasteiger partial charge is 0.352 e. The minimum Gasteiger partial charge on any atom is -0.352 e. The van der Waals surface area contributed by atoms with Crippen LogP contribution in [-0.2, 0) is 16.6 Å². The molecule has 0 atom stereocenters. The number of anilines is 1. The Morgan fingerprint density at radius 2 is 1.45 bits per heavy atom. The predicted molar refractivity (Wildman–Crippen MR) is 124 cm³/mol. The fourth-order valence-corrected chi connectivity index (χ4v) is 4.61. The Labute approximate surface area is 184 Å². The molecule has 0 aliphatic heterocycles. The van der Waals surface area contributed by atoms with Crippen LogP contribution in [0.1, 0.15) is 36.2 Å². The lowest BCUT2D eigenvalue weighted by Crippen LogP contribution is -2.30. The molecule has 162 valence electrons. The molecule has 0 fully saturated rings. The number of rotatable bonds is 9. The Hall–Kier alpha value is -3.12. The second-order valence-corrected chi connectivity index (χ2v) is 9.66. The van der Waals surface area contributed by atoms with Gasteiger partial charge >= 0.3 is 0 Å². The van der Waals surface area contributed by atoms with E-state index in [0.717, 1.165) is 12.0 Å². The lowest BCUT2D eigenvalue weighted by atomic mass is 10.1. The van der Waals surface area contributed by atoms with Gasteiger partial charge in [-0.2, -0.15) is 0 Å². The Bertz CT molecular complexity index is 1080. The summed E-state index contributed by atoms with van der Waals surface area (Å²) in [6.45, 7) is 5.03. The van der Waals surface area contributed by atoms with Gasteiger partial charge in [0, 0.05) is 12.1 Å². The van der Waals surface area contributed by atoms with Gasteiger partial charge in [-0.15, -0.1) is 0 Å². The van der Waals surface area contributed by atoms with Gasteiger partial charge in [0.2, 0.25) is 0 Å². The first-order chi connectivity index (χ1) is 14.9. The fourth-order valence-electron chi connectivity index (χ4n) is 3.13. The molecular formula is C25H28N2O3S. The third-order valence-corrected chi connectivity index (χ3v) is 6.71. The maximum atomic E-state index is 13.3. The van der Waals surface area contributed by atoms with Gasteiger partial charge in [0.1, 0.15) is 0 Å². The van der Waals surface area contributed by atoms with Crippen LogP contribution in [0.2, 0.25) is 0 Å². The number of carbonyl (C=O) groups is 1. The molecule has 0 heterocycles. The second kappa shape index (κ2) is 10.3. The van der Waals surface area contributed by atoms with Gasteiger partial charge < -0.3 is 5.32 Å². The Kier molecular flexibility index (Phi) is 7.47. The highest BCUT2D eigenvalue weighted by atomic mass is 32.2. The van der Waals surface area contributed by atoms with E-state index in [1.807, 2.05) is 18.2 Å². The van der Waals surface area contributed by atoms with Gasteiger partial charge in [-0.3, -0.25) is 9.10 Å². The molecule has 0 bridgehead atoms. The van der Waals surface area contributed by atoms with Crippen LogP contribution in [0.5, 0.6) is 0 Å². The van der Waals surface area contributed by atoms with Crippen LogP contribution in [-0.4, -0.2) is 20.9 Å². The van der Waals surface area contributed by atoms with Crippen LogP contribution in [0.4, 0.5) is 5.69 Å². The minimum atomic E-state index is -3.74. The Balaban J connectivity index is 1.82. The van der Waals surface area contributed by atoms with E-state index in [-0.39, 0.29) is 17.3 Å². The molecule has 0 saturated carbocycles. The van der Waals surface area contributed by atoms with Crippen molar-refractivity contribution >= 4 is 21.6 Å². The molecule has 1 N–H and O–H groups in total. The minimum absolute atomic E-state index is 0.121. The number of carbonyl (C=O) groups excluding carboxylic acids is 1. The molecule has 0 aliphatic rings. The van der Waals surface area contributed by atoms with Crippen molar-refractivity contribution in [3.63, 3.8) is 0 Å². The molecule has 6 heteroatoms. The highest BCUT2D eigenvalue weighted by Crippen LogP contribution is 2.25. The Morgan fingerprint density at radius 1 is 0.871 bits per heavy atom. The van der Waals surface area contributed by atoms with Gasteiger partial charge in [-0.25, -0.2) is 8.42 Å². The summed E-state index contributed by atoms with van der Waals surface area (Å²) in [4.78, 5) is 12.5. The third-order valence-electron chi connectivity index (χ3n) is 4.92. The zero-order chi connectivity index (χ0) is 22.3. The lowest BCUT2D eigenvalue weighted by molar-refractivity contribution is 0.0952. The van der Waals surface area contributed by atoms with Crippen LogP contribution in [0.15, 0.2) is 89.8 Å². The molecule has 0 saturated heterocycles. The van der Waals surface area contributed by atoms with E-state index >= 15 is 0 Å². The van der Waals surface area contributed by atoms with Crippen molar-refractivity contribution in [2.24, 2.45) is 5.92 Å². The van der Waals surface area contributed by atoms with Crippen LogP contribution < -0.4 is 9.62 Å². The van der Waals surface area contributed by atoms with E-state index in [4.69, 9.17) is 0 Å². The van der Waals surface area contributed by atoms with Crippen molar-refractivity contribution in [1.82, 2.24) is 5.32 Å². The number of para-hydroxylation sites is 1. The predicted octanol–water partition coefficient (Wildman–Crippen LogP) is 4.86. The van der Waals surface area contributed by atoms with E-state index in [2.05, 4.69) is 19.2 Å². The van der Waals surface area contributed by atoms with Crippen molar-refractivity contribution in [2.75, 3.05) is 10.8 Å². The summed E-state index contributed by atoms with van der Waals surface area (Å²) in [5, 5.41) is 2.92. The summed E-state index contributed by atoms with van der Waals surface area (Å²) in [5.41, 5.74) is 1.94. The van der Waals surface area contributed by atoms with Gasteiger partial charge in [-0.05, 0) is 54.3 Å². The molecule has 0 aliphatic carbocycles. The van der Waals surface area contributed by atoms with Crippen molar-refractivity contribution < 1.29 is 13.2 Å². The third kappa shape index (κ3) is 5.95. The van der Waals surface area contributed by atoms with Crippen LogP contribution in [0.25, 0.3) is 0 Å². The summed E-state index contributed by atoms with van der Waals surface area (Å²) >= 11 is 0. The smallest absolute Gasteiger partial charge is 0.264 e. The first kappa shape index (κ1) is 22.6. The number of sulfonamides is 1. The highest BCUT2D eigenvalue weighted by Gasteiger charge is 2.25. The van der Waals surface area contributed by atoms with E-state index in [1.54, 1.807) is 66.7 Å². The van der Waals surface area contributed by atoms with Gasteiger partial charge in [0.15, 0.2) is 0 Å². The fraction of sp³-hybridized carbons (Fsp3) is 0.240. The number of hydrogen-bond donors (Lipinski definition) is 1. The quantitative estimate of drug-likeness (QED) is 0.521. The van der Waals surface area contributed by atoms with Crippen molar-refractivity contribution in [3.8, 4) is 0 Å². The second-order valence-electron chi connectivity index (χ2n) is 7.80. The zero-order valence-corrected chi connectivity index (χ0v) is 18.7. The van der Waals surface area contributed by atoms with Crippen LogP contribution >= 0.6 is 0 Å². The van der Waals surface area contributed by atoms with Crippen LogP contribution in [0.3, 0.4) is 0 Å². The first-order valence-corrected chi connectivity index (χ1v) is 11.8. The number of hydrogen-bond acceptors (Lipinski definition) is 3. The highest BCUT2D eigenvalue weighted by molar-refractivity contribution is 7.92. The van der Waals surface area contributed by atoms with Gasteiger partial charge in [-0.1, -0.05) is 62.4 Å². The van der Waals surface area contributed by atoms with Crippen molar-refractivity contribution in [1.29, 1.82) is 0 Å². The summed E-state index contributed by atoms with van der Waals surface area (Å²) < 4.78 is 28.1. The van der Waals surface area contributed by atoms with E-state index in [1.165, 1.54) is 4.31 Å². The lowest BCUT2D eigenvalue weighted by Gasteiger charge is -2.25. The number of amides is 1. The molecule has 3 aromatic carbocycles. The molecule has 5 nitrogen and oxygen atoms in total. The van der Waals surface area contributed by atoms with Gasteiger partial charge in [0.05, 0.1) is 17.1 Å². The molecule has 0 unspecified atom stereocenters. The number of nitrogens with zero attached hydrogens (tertiary/aromatic N) is 1. The van der Waals surface area contributed by atoms with E-state index in [9.17, 15) is 13.2 Å². The molecule has 1 amide bonds. The Morgan fingerprint density at radius 3 is 2.03 bits per heavy atom. The summed E-state index contributed by atoms with van der Waals surface area (Å²) in [7, 11) is -3.74. The molecule has 0 radical (unpaired) electrons. The topological polar surface area (TPSA) is 66.5 Å². The van der Waals surface area contributed by atoms with E-state index in [0.29, 0.717) is 23.7 Å². The zero-order valence-electron chi connectivity index (χ0n) is 17.9. The number of benzene rings is 3. The maximum absolute atomic E-state index is 13.3. The molecule has 0 spiro atoms. The normalized spacial score (nSPS) is 11.3. The van der Waals surface area contributed by atoms with Crippen LogP contribution in [0, 0.1) is 5.92 Å². The average molecular weight is 437 g/mol. The van der Waals surface area contributed by atoms with E-state index < -0.39 is 10.0 Å². The average Bonchev–Trinajstić information content (AvgIpc) is 2.78. The molecule has 3 rings (SSSR count). The molecule has 3 aromatic rings. The molecule has 0 aromatic heterocycles. The summed E-state index contributed by atoms with van der Waals surface area (Å²) in [6.07, 6.45) is 0.924. The van der Waals surface area contributed by atoms with Crippen molar-refractivity contribution in [3.05, 3.63) is 96.1 Å². The first-order valence-electron chi connectivity index (χ1n) is 10.4. The van der Waals surface area contributed by atoms with Crippen molar-refractivity contribution in [2.45, 2.75) is 31.7 Å². The molecular weight excluding hydrogens is 408 g/mol. The standard InChI is InChI=1S/C25H28N2O3S/c1-20(2)17-18-26-25(28)22-15-13-21(14-16-22)19-27(23-9-5-3-6-10-23)31(29,30)24-11-7-4-8-12-24/h3-16,20H,17-19H2,1-2H3,(H,26,28). The van der Waals surface area contributed by atoms with Gasteiger partial charge in [0.25, 0.3) is 15.9 Å². The maximum Gasteiger partial charge on any atom is 0.264 e. The SMILES string of the molecule is CC(C)CCNC(=O)c1ccc(CN(c2ccccc2)S(=O)(=O)c2ccccc2)cc1. The summed E-state index contributed by atoms with van der Waals surface area (Å²) in [5.74, 6) is 0.405.